The molecule has 0 bridgehead atoms. The minimum absolute atomic E-state index is 0.0571. The Hall–Kier alpha value is -2.11. The van der Waals surface area contributed by atoms with E-state index in [1.807, 2.05) is 6.92 Å². The smallest absolute Gasteiger partial charge is 0.311 e. The van der Waals surface area contributed by atoms with Crippen molar-refractivity contribution in [3.05, 3.63) is 33.9 Å². The van der Waals surface area contributed by atoms with Crippen LogP contribution >= 0.6 is 0 Å². The Morgan fingerprint density at radius 2 is 2.24 bits per heavy atom. The third-order valence-corrected chi connectivity index (χ3v) is 2.56. The quantitative estimate of drug-likeness (QED) is 0.464. The van der Waals surface area contributed by atoms with E-state index in [9.17, 15) is 14.9 Å². The molecule has 1 rings (SSSR count). The van der Waals surface area contributed by atoms with Crippen molar-refractivity contribution in [1.29, 1.82) is 0 Å². The topological polar surface area (TPSA) is 106 Å². The molecule has 0 saturated carbocycles. The molecule has 0 aliphatic carbocycles. The van der Waals surface area contributed by atoms with Gasteiger partial charge in [0, 0.05) is 6.07 Å². The predicted molar refractivity (Wildman–Crippen MR) is 62.8 cm³/mol. The second-order valence-corrected chi connectivity index (χ2v) is 3.72. The first kappa shape index (κ1) is 13.0. The average molecular weight is 238 g/mol. The molecular formula is C11H14N2O4. The van der Waals surface area contributed by atoms with E-state index in [1.54, 1.807) is 0 Å². The normalized spacial score (nSPS) is 12.1. The van der Waals surface area contributed by atoms with E-state index in [0.717, 1.165) is 0 Å². The summed E-state index contributed by atoms with van der Waals surface area (Å²) < 4.78 is 0. The van der Waals surface area contributed by atoms with Gasteiger partial charge in [-0.3, -0.25) is 14.9 Å². The van der Waals surface area contributed by atoms with E-state index in [2.05, 4.69) is 0 Å². The SMILES string of the molecule is CCCC(C(=O)O)c1cccc([N+](=O)[O-])c1N. The van der Waals surface area contributed by atoms with E-state index >= 15 is 0 Å². The van der Waals surface area contributed by atoms with Crippen molar-refractivity contribution in [3.8, 4) is 0 Å². The van der Waals surface area contributed by atoms with E-state index in [-0.39, 0.29) is 11.4 Å². The lowest BCUT2D eigenvalue weighted by molar-refractivity contribution is -0.383. The van der Waals surface area contributed by atoms with Crippen molar-refractivity contribution < 1.29 is 14.8 Å². The van der Waals surface area contributed by atoms with Gasteiger partial charge in [0.25, 0.3) is 5.69 Å². The van der Waals surface area contributed by atoms with Crippen molar-refractivity contribution in [3.63, 3.8) is 0 Å². The maximum Gasteiger partial charge on any atom is 0.311 e. The standard InChI is InChI=1S/C11H14N2O4/c1-2-4-8(11(14)15)7-5-3-6-9(10(7)12)13(16)17/h3,5-6,8H,2,4,12H2,1H3,(H,14,15). The zero-order valence-electron chi connectivity index (χ0n) is 9.42. The summed E-state index contributed by atoms with van der Waals surface area (Å²) in [6, 6.07) is 4.25. The highest BCUT2D eigenvalue weighted by Crippen LogP contribution is 2.32. The molecule has 0 aliphatic rings. The molecule has 0 aliphatic heterocycles. The van der Waals surface area contributed by atoms with E-state index in [0.29, 0.717) is 18.4 Å². The average Bonchev–Trinajstić information content (AvgIpc) is 2.26. The van der Waals surface area contributed by atoms with Crippen LogP contribution in [0.25, 0.3) is 0 Å². The molecule has 0 amide bonds. The lowest BCUT2D eigenvalue weighted by Gasteiger charge is -2.13. The molecule has 0 heterocycles. The van der Waals surface area contributed by atoms with Crippen LogP contribution in [0.15, 0.2) is 18.2 Å². The summed E-state index contributed by atoms with van der Waals surface area (Å²) in [6.07, 6.45) is 1.07. The third kappa shape index (κ3) is 2.72. The van der Waals surface area contributed by atoms with Gasteiger partial charge in [-0.05, 0) is 12.0 Å². The summed E-state index contributed by atoms with van der Waals surface area (Å²) in [5.74, 6) is -1.81. The number of carboxylic acids is 1. The van der Waals surface area contributed by atoms with Crippen LogP contribution < -0.4 is 5.73 Å². The Kier molecular flexibility index (Phi) is 4.03. The Balaban J connectivity index is 3.24. The van der Waals surface area contributed by atoms with E-state index in [4.69, 9.17) is 10.8 Å². The van der Waals surface area contributed by atoms with Crippen molar-refractivity contribution >= 4 is 17.3 Å². The first-order valence-corrected chi connectivity index (χ1v) is 5.24. The van der Waals surface area contributed by atoms with Gasteiger partial charge >= 0.3 is 5.97 Å². The number of nitrogen functional groups attached to an aromatic ring is 1. The lowest BCUT2D eigenvalue weighted by atomic mass is 9.93. The van der Waals surface area contributed by atoms with Gasteiger partial charge < -0.3 is 10.8 Å². The van der Waals surface area contributed by atoms with Crippen LogP contribution in [-0.4, -0.2) is 16.0 Å². The minimum atomic E-state index is -1.01. The molecular weight excluding hydrogens is 224 g/mol. The number of rotatable bonds is 5. The number of nitrogens with zero attached hydrogens (tertiary/aromatic N) is 1. The first-order valence-electron chi connectivity index (χ1n) is 5.24. The Morgan fingerprint density at radius 3 is 2.71 bits per heavy atom. The molecule has 3 N–H and O–H groups in total. The molecule has 6 nitrogen and oxygen atoms in total. The number of nitro groups is 1. The van der Waals surface area contributed by atoms with Crippen molar-refractivity contribution in [1.82, 2.24) is 0 Å². The van der Waals surface area contributed by atoms with Gasteiger partial charge in [0.15, 0.2) is 0 Å². The molecule has 17 heavy (non-hydrogen) atoms. The fourth-order valence-electron chi connectivity index (χ4n) is 1.73. The van der Waals surface area contributed by atoms with Gasteiger partial charge in [0.05, 0.1) is 10.8 Å². The molecule has 0 aromatic heterocycles. The molecule has 1 aromatic rings. The minimum Gasteiger partial charge on any atom is -0.481 e. The lowest BCUT2D eigenvalue weighted by Crippen LogP contribution is -2.14. The molecule has 0 saturated heterocycles. The number of carbonyl (C=O) groups is 1. The van der Waals surface area contributed by atoms with Crippen LogP contribution in [0.1, 0.15) is 31.2 Å². The number of benzene rings is 1. The second-order valence-electron chi connectivity index (χ2n) is 3.72. The van der Waals surface area contributed by atoms with Crippen LogP contribution in [0, 0.1) is 10.1 Å². The van der Waals surface area contributed by atoms with Crippen molar-refractivity contribution in [2.75, 3.05) is 5.73 Å². The zero-order valence-corrected chi connectivity index (χ0v) is 9.42. The van der Waals surface area contributed by atoms with Crippen LogP contribution in [0.3, 0.4) is 0 Å². The second kappa shape index (κ2) is 5.29. The number of aliphatic carboxylic acids is 1. The van der Waals surface area contributed by atoms with Crippen LogP contribution in [0.5, 0.6) is 0 Å². The molecule has 1 unspecified atom stereocenters. The van der Waals surface area contributed by atoms with E-state index < -0.39 is 16.8 Å². The maximum absolute atomic E-state index is 11.1. The van der Waals surface area contributed by atoms with Gasteiger partial charge in [0.1, 0.15) is 5.69 Å². The number of hydrogen-bond donors (Lipinski definition) is 2. The molecule has 1 aromatic carbocycles. The van der Waals surface area contributed by atoms with Crippen LogP contribution in [-0.2, 0) is 4.79 Å². The monoisotopic (exact) mass is 238 g/mol. The van der Waals surface area contributed by atoms with Crippen LogP contribution in [0.2, 0.25) is 0 Å². The molecule has 0 radical (unpaired) electrons. The van der Waals surface area contributed by atoms with Crippen molar-refractivity contribution in [2.45, 2.75) is 25.7 Å². The van der Waals surface area contributed by atoms with Gasteiger partial charge in [0.2, 0.25) is 0 Å². The highest BCUT2D eigenvalue weighted by molar-refractivity contribution is 5.80. The summed E-state index contributed by atoms with van der Waals surface area (Å²) >= 11 is 0. The summed E-state index contributed by atoms with van der Waals surface area (Å²) in [6.45, 7) is 1.85. The van der Waals surface area contributed by atoms with Gasteiger partial charge in [-0.1, -0.05) is 25.5 Å². The molecule has 1 atom stereocenters. The fraction of sp³-hybridized carbons (Fsp3) is 0.364. The largest absolute Gasteiger partial charge is 0.481 e. The van der Waals surface area contributed by atoms with Gasteiger partial charge in [-0.2, -0.15) is 0 Å². The van der Waals surface area contributed by atoms with Crippen LogP contribution in [0.4, 0.5) is 11.4 Å². The molecule has 92 valence electrons. The maximum atomic E-state index is 11.1. The zero-order chi connectivity index (χ0) is 13.0. The molecule has 6 heteroatoms. The number of hydrogen-bond acceptors (Lipinski definition) is 4. The summed E-state index contributed by atoms with van der Waals surface area (Å²) in [5.41, 5.74) is 5.66. The highest BCUT2D eigenvalue weighted by atomic mass is 16.6. The Labute approximate surface area is 98.2 Å². The fourth-order valence-corrected chi connectivity index (χ4v) is 1.73. The number of anilines is 1. The Bertz CT molecular complexity index is 445. The number of nitrogens with two attached hydrogens (primary N) is 1. The Morgan fingerprint density at radius 1 is 1.59 bits per heavy atom. The number of nitro benzene ring substituents is 1. The van der Waals surface area contributed by atoms with Gasteiger partial charge in [-0.25, -0.2) is 0 Å². The predicted octanol–water partition coefficient (Wildman–Crippen LogP) is 2.15. The molecule has 0 fully saturated rings. The highest BCUT2D eigenvalue weighted by Gasteiger charge is 2.25. The number of carboxylic acid groups (broad SMARTS) is 1. The van der Waals surface area contributed by atoms with Crippen molar-refractivity contribution in [2.24, 2.45) is 0 Å². The van der Waals surface area contributed by atoms with E-state index in [1.165, 1.54) is 18.2 Å². The number of para-hydroxylation sites is 1. The van der Waals surface area contributed by atoms with Gasteiger partial charge in [-0.15, -0.1) is 0 Å². The summed E-state index contributed by atoms with van der Waals surface area (Å²) in [5, 5.41) is 19.8. The summed E-state index contributed by atoms with van der Waals surface area (Å²) in [4.78, 5) is 21.2. The first-order chi connectivity index (χ1) is 7.99. The third-order valence-electron chi connectivity index (χ3n) is 2.56. The molecule has 0 spiro atoms. The summed E-state index contributed by atoms with van der Waals surface area (Å²) in [7, 11) is 0.